The fraction of sp³-hybridized carbons (Fsp3) is 0.714. The topological polar surface area (TPSA) is 79.7 Å². The molecular weight excluding hydrogens is 238 g/mol. The molecule has 1 saturated carbocycles. The Balaban J connectivity index is 2.17. The zero-order valence-electron chi connectivity index (χ0n) is 11.8. The molecule has 1 aromatic rings. The summed E-state index contributed by atoms with van der Waals surface area (Å²) in [5.41, 5.74) is 6.50. The Kier molecular flexibility index (Phi) is 4.31. The number of rotatable bonds is 4. The number of nitrogens with two attached hydrogens (primary N) is 1. The molecule has 1 aliphatic carbocycles. The molecule has 0 amide bonds. The molecule has 0 saturated heterocycles. The first kappa shape index (κ1) is 13.7. The molecule has 0 radical (unpaired) electrons. The van der Waals surface area contributed by atoms with E-state index in [2.05, 4.69) is 30.3 Å². The van der Waals surface area contributed by atoms with Gasteiger partial charge in [0.05, 0.1) is 0 Å². The average Bonchev–Trinajstić information content (AvgIpc) is 2.66. The third kappa shape index (κ3) is 3.19. The number of aromatic nitrogens is 2. The van der Waals surface area contributed by atoms with E-state index in [0.717, 1.165) is 19.4 Å². The highest BCUT2D eigenvalue weighted by Crippen LogP contribution is 2.26. The Bertz CT molecular complexity index is 463. The summed E-state index contributed by atoms with van der Waals surface area (Å²) in [6, 6.07) is 2.61. The minimum atomic E-state index is 0.433. The van der Waals surface area contributed by atoms with Gasteiger partial charge in [-0.05, 0) is 18.8 Å². The number of nitrogens with one attached hydrogen (secondary N) is 1. The second kappa shape index (κ2) is 5.96. The SMILES string of the molecule is CC(C)Cn1nc(NC2CCCCC2)c(C#N)c1N. The molecule has 5 nitrogen and oxygen atoms in total. The van der Waals surface area contributed by atoms with Crippen LogP contribution in [-0.2, 0) is 6.54 Å². The molecule has 2 rings (SSSR count). The first-order valence-corrected chi connectivity index (χ1v) is 7.14. The third-order valence-electron chi connectivity index (χ3n) is 3.59. The molecule has 0 aromatic carbocycles. The second-order valence-corrected chi connectivity index (χ2v) is 5.78. The van der Waals surface area contributed by atoms with E-state index in [9.17, 15) is 5.26 Å². The minimum absolute atomic E-state index is 0.433. The van der Waals surface area contributed by atoms with E-state index < -0.39 is 0 Å². The lowest BCUT2D eigenvalue weighted by molar-refractivity contribution is 0.458. The number of hydrogen-bond acceptors (Lipinski definition) is 4. The van der Waals surface area contributed by atoms with Crippen LogP contribution in [-0.4, -0.2) is 15.8 Å². The quantitative estimate of drug-likeness (QED) is 0.873. The maximum Gasteiger partial charge on any atom is 0.168 e. The van der Waals surface area contributed by atoms with Gasteiger partial charge in [-0.2, -0.15) is 10.4 Å². The van der Waals surface area contributed by atoms with E-state index in [1.165, 1.54) is 19.3 Å². The van der Waals surface area contributed by atoms with E-state index in [1.54, 1.807) is 4.68 Å². The zero-order valence-corrected chi connectivity index (χ0v) is 11.8. The molecule has 1 aliphatic rings. The van der Waals surface area contributed by atoms with Crippen LogP contribution >= 0.6 is 0 Å². The molecule has 0 unspecified atom stereocenters. The van der Waals surface area contributed by atoms with Crippen LogP contribution < -0.4 is 11.1 Å². The Hall–Kier alpha value is -1.70. The zero-order chi connectivity index (χ0) is 13.8. The van der Waals surface area contributed by atoms with Crippen molar-refractivity contribution in [2.75, 3.05) is 11.1 Å². The molecule has 1 heterocycles. The average molecular weight is 261 g/mol. The Morgan fingerprint density at radius 3 is 2.68 bits per heavy atom. The summed E-state index contributed by atoms with van der Waals surface area (Å²) in [7, 11) is 0. The smallest absolute Gasteiger partial charge is 0.168 e. The van der Waals surface area contributed by atoms with Crippen LogP contribution in [0, 0.1) is 17.2 Å². The lowest BCUT2D eigenvalue weighted by Gasteiger charge is -2.22. The third-order valence-corrected chi connectivity index (χ3v) is 3.59. The molecule has 19 heavy (non-hydrogen) atoms. The summed E-state index contributed by atoms with van der Waals surface area (Å²) in [6.07, 6.45) is 6.13. The Labute approximate surface area is 114 Å². The van der Waals surface area contributed by atoms with Gasteiger partial charge in [0, 0.05) is 12.6 Å². The molecule has 0 bridgehead atoms. The summed E-state index contributed by atoms with van der Waals surface area (Å²) < 4.78 is 1.74. The first-order valence-electron chi connectivity index (χ1n) is 7.14. The summed E-state index contributed by atoms with van der Waals surface area (Å²) >= 11 is 0. The lowest BCUT2D eigenvalue weighted by atomic mass is 9.95. The van der Waals surface area contributed by atoms with Crippen molar-refractivity contribution in [3.05, 3.63) is 5.56 Å². The fourth-order valence-electron chi connectivity index (χ4n) is 2.61. The largest absolute Gasteiger partial charge is 0.383 e. The summed E-state index contributed by atoms with van der Waals surface area (Å²) in [6.45, 7) is 4.97. The van der Waals surface area contributed by atoms with Gasteiger partial charge >= 0.3 is 0 Å². The molecule has 0 atom stereocenters. The number of anilines is 2. The minimum Gasteiger partial charge on any atom is -0.383 e. The van der Waals surface area contributed by atoms with Crippen molar-refractivity contribution in [2.24, 2.45) is 5.92 Å². The maximum absolute atomic E-state index is 9.25. The number of nitriles is 1. The fourth-order valence-corrected chi connectivity index (χ4v) is 2.61. The van der Waals surface area contributed by atoms with Crippen LogP contribution in [0.5, 0.6) is 0 Å². The van der Waals surface area contributed by atoms with Crippen LogP contribution in [0.3, 0.4) is 0 Å². The molecule has 5 heteroatoms. The lowest BCUT2D eigenvalue weighted by Crippen LogP contribution is -2.23. The highest BCUT2D eigenvalue weighted by molar-refractivity contribution is 5.64. The van der Waals surface area contributed by atoms with Crippen LogP contribution in [0.15, 0.2) is 0 Å². The van der Waals surface area contributed by atoms with Gasteiger partial charge in [-0.3, -0.25) is 0 Å². The normalized spacial score (nSPS) is 16.5. The molecule has 3 N–H and O–H groups in total. The van der Waals surface area contributed by atoms with Gasteiger partial charge in [0.2, 0.25) is 0 Å². The molecule has 0 aliphatic heterocycles. The van der Waals surface area contributed by atoms with Crippen molar-refractivity contribution in [3.63, 3.8) is 0 Å². The Morgan fingerprint density at radius 2 is 2.11 bits per heavy atom. The van der Waals surface area contributed by atoms with Gasteiger partial charge in [-0.1, -0.05) is 33.1 Å². The Morgan fingerprint density at radius 1 is 1.42 bits per heavy atom. The predicted molar refractivity (Wildman–Crippen MR) is 76.7 cm³/mol. The molecule has 104 valence electrons. The molecule has 1 aromatic heterocycles. The van der Waals surface area contributed by atoms with Crippen LogP contribution in [0.25, 0.3) is 0 Å². The van der Waals surface area contributed by atoms with E-state index >= 15 is 0 Å². The van der Waals surface area contributed by atoms with Crippen LogP contribution in [0.2, 0.25) is 0 Å². The summed E-state index contributed by atoms with van der Waals surface area (Å²) in [4.78, 5) is 0. The number of nitrogen functional groups attached to an aromatic ring is 1. The molecule has 1 fully saturated rings. The van der Waals surface area contributed by atoms with Crippen molar-refractivity contribution in [1.29, 1.82) is 5.26 Å². The van der Waals surface area contributed by atoms with Gasteiger partial charge in [-0.15, -0.1) is 0 Å². The number of hydrogen-bond donors (Lipinski definition) is 2. The van der Waals surface area contributed by atoms with Crippen molar-refractivity contribution >= 4 is 11.6 Å². The van der Waals surface area contributed by atoms with Gasteiger partial charge in [0.1, 0.15) is 17.5 Å². The van der Waals surface area contributed by atoms with E-state index in [0.29, 0.717) is 29.2 Å². The standard InChI is InChI=1S/C14H23N5/c1-10(2)9-19-13(16)12(8-15)14(18-19)17-11-6-4-3-5-7-11/h10-11H,3-7,9,16H2,1-2H3,(H,17,18). The van der Waals surface area contributed by atoms with Crippen molar-refractivity contribution in [3.8, 4) is 6.07 Å². The number of nitrogens with zero attached hydrogens (tertiary/aromatic N) is 3. The van der Waals surface area contributed by atoms with E-state index in [-0.39, 0.29) is 0 Å². The molecule has 0 spiro atoms. The van der Waals surface area contributed by atoms with E-state index in [4.69, 9.17) is 5.73 Å². The van der Waals surface area contributed by atoms with Gasteiger partial charge < -0.3 is 11.1 Å². The van der Waals surface area contributed by atoms with Crippen molar-refractivity contribution in [2.45, 2.75) is 58.5 Å². The highest BCUT2D eigenvalue weighted by atomic mass is 15.3. The first-order chi connectivity index (χ1) is 9.11. The van der Waals surface area contributed by atoms with Crippen LogP contribution in [0.4, 0.5) is 11.6 Å². The van der Waals surface area contributed by atoms with E-state index in [1.807, 2.05) is 0 Å². The summed E-state index contributed by atoms with van der Waals surface area (Å²) in [5.74, 6) is 1.60. The van der Waals surface area contributed by atoms with Crippen LogP contribution in [0.1, 0.15) is 51.5 Å². The molecular formula is C14H23N5. The van der Waals surface area contributed by atoms with Gasteiger partial charge in [-0.25, -0.2) is 4.68 Å². The van der Waals surface area contributed by atoms with Crippen molar-refractivity contribution in [1.82, 2.24) is 9.78 Å². The second-order valence-electron chi connectivity index (χ2n) is 5.78. The summed E-state index contributed by atoms with van der Waals surface area (Å²) in [5, 5.41) is 17.1. The van der Waals surface area contributed by atoms with Crippen molar-refractivity contribution < 1.29 is 0 Å². The highest BCUT2D eigenvalue weighted by Gasteiger charge is 2.20. The monoisotopic (exact) mass is 261 g/mol. The predicted octanol–water partition coefficient (Wildman–Crippen LogP) is 2.74. The van der Waals surface area contributed by atoms with Gasteiger partial charge in [0.25, 0.3) is 0 Å². The maximum atomic E-state index is 9.25. The van der Waals surface area contributed by atoms with Gasteiger partial charge in [0.15, 0.2) is 5.82 Å².